The van der Waals surface area contributed by atoms with Crippen molar-refractivity contribution in [1.82, 2.24) is 4.90 Å². The van der Waals surface area contributed by atoms with Crippen LogP contribution in [-0.4, -0.2) is 23.4 Å². The first-order valence-corrected chi connectivity index (χ1v) is 4.49. The monoisotopic (exact) mass is 204 g/mol. The van der Waals surface area contributed by atoms with Crippen LogP contribution in [0.1, 0.15) is 5.56 Å². The van der Waals surface area contributed by atoms with Crippen LogP contribution in [0, 0.1) is 22.5 Å². The van der Waals surface area contributed by atoms with Gasteiger partial charge in [-0.25, -0.2) is 0 Å². The van der Waals surface area contributed by atoms with Gasteiger partial charge in [0.15, 0.2) is 0 Å². The highest BCUT2D eigenvalue weighted by Crippen LogP contribution is 2.12. The Kier molecular flexibility index (Phi) is 3.83. The maximum atomic E-state index is 10.4. The van der Waals surface area contributed by atoms with Gasteiger partial charge in [0.2, 0.25) is 0 Å². The number of benzene rings is 1. The first kappa shape index (κ1) is 11.2. The van der Waals surface area contributed by atoms with E-state index in [1.807, 2.05) is 11.9 Å². The van der Waals surface area contributed by atoms with Crippen LogP contribution in [0.5, 0.6) is 0 Å². The standard InChI is InChI=1S/C11H12N2O2/c1-3-8-12(2)9-10-4-6-11(7-5-10)13(14)15/h1,4-7H,8-9H2,2H3. The van der Waals surface area contributed by atoms with Gasteiger partial charge < -0.3 is 0 Å². The fourth-order valence-corrected chi connectivity index (χ4v) is 1.25. The second-order valence-electron chi connectivity index (χ2n) is 3.30. The third-order valence-electron chi connectivity index (χ3n) is 1.96. The van der Waals surface area contributed by atoms with E-state index < -0.39 is 4.92 Å². The molecule has 78 valence electrons. The van der Waals surface area contributed by atoms with Crippen molar-refractivity contribution in [2.24, 2.45) is 0 Å². The summed E-state index contributed by atoms with van der Waals surface area (Å²) in [6, 6.07) is 6.48. The van der Waals surface area contributed by atoms with Crippen LogP contribution in [0.15, 0.2) is 24.3 Å². The highest BCUT2D eigenvalue weighted by Gasteiger charge is 2.04. The van der Waals surface area contributed by atoms with Gasteiger partial charge in [0.05, 0.1) is 11.5 Å². The Labute approximate surface area is 88.7 Å². The van der Waals surface area contributed by atoms with E-state index >= 15 is 0 Å². The predicted octanol–water partition coefficient (Wildman–Crippen LogP) is 1.66. The zero-order chi connectivity index (χ0) is 11.3. The average Bonchev–Trinajstić information content (AvgIpc) is 2.18. The number of non-ortho nitro benzene ring substituents is 1. The number of nitro groups is 1. The molecular formula is C11H12N2O2. The maximum Gasteiger partial charge on any atom is 0.269 e. The lowest BCUT2D eigenvalue weighted by Crippen LogP contribution is -2.17. The summed E-state index contributed by atoms with van der Waals surface area (Å²) in [5, 5.41) is 10.4. The van der Waals surface area contributed by atoms with Crippen LogP contribution in [0.4, 0.5) is 5.69 Å². The molecule has 0 heterocycles. The van der Waals surface area contributed by atoms with Gasteiger partial charge in [0, 0.05) is 18.7 Å². The average molecular weight is 204 g/mol. The molecule has 0 amide bonds. The van der Waals surface area contributed by atoms with Crippen LogP contribution in [-0.2, 0) is 6.54 Å². The van der Waals surface area contributed by atoms with Crippen molar-refractivity contribution in [2.45, 2.75) is 6.54 Å². The van der Waals surface area contributed by atoms with Crippen LogP contribution in [0.2, 0.25) is 0 Å². The van der Waals surface area contributed by atoms with Crippen molar-refractivity contribution < 1.29 is 4.92 Å². The quantitative estimate of drug-likeness (QED) is 0.425. The van der Waals surface area contributed by atoms with Crippen molar-refractivity contribution in [3.63, 3.8) is 0 Å². The molecule has 0 aliphatic heterocycles. The van der Waals surface area contributed by atoms with Gasteiger partial charge in [-0.2, -0.15) is 0 Å². The minimum Gasteiger partial charge on any atom is -0.291 e. The van der Waals surface area contributed by atoms with E-state index in [9.17, 15) is 10.1 Å². The molecule has 0 fully saturated rings. The number of hydrogen-bond acceptors (Lipinski definition) is 3. The first-order chi connectivity index (χ1) is 7.13. The van der Waals surface area contributed by atoms with E-state index in [0.29, 0.717) is 13.1 Å². The van der Waals surface area contributed by atoms with Crippen molar-refractivity contribution in [3.05, 3.63) is 39.9 Å². The summed E-state index contributed by atoms with van der Waals surface area (Å²) in [5.74, 6) is 2.54. The summed E-state index contributed by atoms with van der Waals surface area (Å²) < 4.78 is 0. The molecule has 0 spiro atoms. The summed E-state index contributed by atoms with van der Waals surface area (Å²) in [6.07, 6.45) is 5.17. The molecule has 0 saturated carbocycles. The van der Waals surface area contributed by atoms with Gasteiger partial charge in [0.25, 0.3) is 5.69 Å². The molecule has 0 aliphatic rings. The number of terminal acetylenes is 1. The largest absolute Gasteiger partial charge is 0.291 e. The lowest BCUT2D eigenvalue weighted by atomic mass is 10.2. The fourth-order valence-electron chi connectivity index (χ4n) is 1.25. The lowest BCUT2D eigenvalue weighted by Gasteiger charge is -2.12. The topological polar surface area (TPSA) is 46.4 Å². The highest BCUT2D eigenvalue weighted by molar-refractivity contribution is 5.32. The summed E-state index contributed by atoms with van der Waals surface area (Å²) in [4.78, 5) is 12.0. The fraction of sp³-hybridized carbons (Fsp3) is 0.273. The molecule has 0 radical (unpaired) electrons. The highest BCUT2D eigenvalue weighted by atomic mass is 16.6. The third kappa shape index (κ3) is 3.41. The van der Waals surface area contributed by atoms with Crippen LogP contribution < -0.4 is 0 Å². The molecule has 0 atom stereocenters. The zero-order valence-electron chi connectivity index (χ0n) is 8.51. The van der Waals surface area contributed by atoms with Gasteiger partial charge in [0.1, 0.15) is 0 Å². The third-order valence-corrected chi connectivity index (χ3v) is 1.96. The van der Waals surface area contributed by atoms with Gasteiger partial charge in [-0.05, 0) is 12.6 Å². The Morgan fingerprint density at radius 2 is 2.07 bits per heavy atom. The van der Waals surface area contributed by atoms with E-state index in [2.05, 4.69) is 5.92 Å². The molecule has 4 heteroatoms. The Bertz CT molecular complexity index is 379. The molecular weight excluding hydrogens is 192 g/mol. The minimum absolute atomic E-state index is 0.110. The number of hydrogen-bond donors (Lipinski definition) is 0. The summed E-state index contributed by atoms with van der Waals surface area (Å²) in [5.41, 5.74) is 1.12. The molecule has 0 bridgehead atoms. The van der Waals surface area contributed by atoms with E-state index in [1.54, 1.807) is 12.1 Å². The van der Waals surface area contributed by atoms with Gasteiger partial charge in [-0.15, -0.1) is 6.42 Å². The van der Waals surface area contributed by atoms with Crippen LogP contribution in [0.3, 0.4) is 0 Å². The van der Waals surface area contributed by atoms with Gasteiger partial charge in [-0.3, -0.25) is 15.0 Å². The molecule has 0 aliphatic carbocycles. The van der Waals surface area contributed by atoms with Crippen molar-refractivity contribution >= 4 is 5.69 Å². The Morgan fingerprint density at radius 3 is 2.53 bits per heavy atom. The number of nitrogens with zero attached hydrogens (tertiary/aromatic N) is 2. The second-order valence-corrected chi connectivity index (χ2v) is 3.30. The molecule has 1 aromatic carbocycles. The molecule has 15 heavy (non-hydrogen) atoms. The molecule has 0 saturated heterocycles. The van der Waals surface area contributed by atoms with Crippen molar-refractivity contribution in [2.75, 3.05) is 13.6 Å². The summed E-state index contributed by atoms with van der Waals surface area (Å²) in [6.45, 7) is 1.26. The van der Waals surface area contributed by atoms with E-state index in [0.717, 1.165) is 5.56 Å². The Hall–Kier alpha value is -1.86. The maximum absolute atomic E-state index is 10.4. The molecule has 0 unspecified atom stereocenters. The van der Waals surface area contributed by atoms with Gasteiger partial charge in [-0.1, -0.05) is 18.1 Å². The lowest BCUT2D eigenvalue weighted by molar-refractivity contribution is -0.384. The van der Waals surface area contributed by atoms with Crippen molar-refractivity contribution in [3.8, 4) is 12.3 Å². The summed E-state index contributed by atoms with van der Waals surface area (Å²) in [7, 11) is 1.90. The predicted molar refractivity (Wildman–Crippen MR) is 58.3 cm³/mol. The van der Waals surface area contributed by atoms with Crippen LogP contribution >= 0.6 is 0 Å². The Morgan fingerprint density at radius 1 is 1.47 bits per heavy atom. The van der Waals surface area contributed by atoms with E-state index in [1.165, 1.54) is 12.1 Å². The normalized spacial score (nSPS) is 9.93. The van der Waals surface area contributed by atoms with E-state index in [4.69, 9.17) is 6.42 Å². The SMILES string of the molecule is C#CCN(C)Cc1ccc([N+](=O)[O-])cc1. The molecule has 0 N–H and O–H groups in total. The van der Waals surface area contributed by atoms with E-state index in [-0.39, 0.29) is 5.69 Å². The number of nitro benzene ring substituents is 1. The second kappa shape index (κ2) is 5.13. The zero-order valence-corrected chi connectivity index (χ0v) is 8.51. The molecule has 1 aromatic rings. The molecule has 4 nitrogen and oxygen atoms in total. The van der Waals surface area contributed by atoms with Crippen LogP contribution in [0.25, 0.3) is 0 Å². The first-order valence-electron chi connectivity index (χ1n) is 4.49. The van der Waals surface area contributed by atoms with Crippen molar-refractivity contribution in [1.29, 1.82) is 0 Å². The smallest absolute Gasteiger partial charge is 0.269 e. The van der Waals surface area contributed by atoms with Gasteiger partial charge >= 0.3 is 0 Å². The number of rotatable bonds is 4. The summed E-state index contributed by atoms with van der Waals surface area (Å²) >= 11 is 0. The molecule has 1 rings (SSSR count). The minimum atomic E-state index is -0.408. The molecule has 0 aromatic heterocycles. The Balaban J connectivity index is 2.65.